The van der Waals surface area contributed by atoms with Gasteiger partial charge in [-0.3, -0.25) is 9.78 Å². The van der Waals surface area contributed by atoms with E-state index in [9.17, 15) is 9.59 Å². The van der Waals surface area contributed by atoms with Crippen LogP contribution in [0.5, 0.6) is 5.75 Å². The molecule has 0 saturated heterocycles. The van der Waals surface area contributed by atoms with Crippen molar-refractivity contribution >= 4 is 29.4 Å². The van der Waals surface area contributed by atoms with E-state index in [4.69, 9.17) is 4.74 Å². The molecule has 124 valence electrons. The van der Waals surface area contributed by atoms with E-state index in [1.165, 1.54) is 29.9 Å². The van der Waals surface area contributed by atoms with Gasteiger partial charge in [-0.05, 0) is 41.3 Å². The van der Waals surface area contributed by atoms with Gasteiger partial charge in [-0.2, -0.15) is 5.10 Å². The molecule has 3 rings (SSSR count). The summed E-state index contributed by atoms with van der Waals surface area (Å²) in [6.45, 7) is 0. The van der Waals surface area contributed by atoms with Crippen molar-refractivity contribution in [3.63, 3.8) is 0 Å². The van der Waals surface area contributed by atoms with Gasteiger partial charge in [0.05, 0.1) is 6.21 Å². The minimum absolute atomic E-state index is 0.334. The van der Waals surface area contributed by atoms with E-state index in [0.29, 0.717) is 21.8 Å². The number of hydrogen-bond acceptors (Lipinski definition) is 6. The Morgan fingerprint density at radius 2 is 1.96 bits per heavy atom. The van der Waals surface area contributed by atoms with Gasteiger partial charge in [0.1, 0.15) is 10.6 Å². The molecule has 2 aromatic heterocycles. The minimum Gasteiger partial charge on any atom is -0.422 e. The van der Waals surface area contributed by atoms with Crippen LogP contribution < -0.4 is 10.2 Å². The Morgan fingerprint density at radius 3 is 2.72 bits per heavy atom. The predicted octanol–water partition coefficient (Wildman–Crippen LogP) is 3.13. The maximum Gasteiger partial charge on any atom is 0.353 e. The second-order valence-corrected chi connectivity index (χ2v) is 5.82. The first-order chi connectivity index (χ1) is 12.2. The number of carbonyl (C=O) groups is 2. The lowest BCUT2D eigenvalue weighted by atomic mass is 10.2. The van der Waals surface area contributed by atoms with E-state index in [-0.39, 0.29) is 5.91 Å². The number of aromatic nitrogens is 1. The van der Waals surface area contributed by atoms with Gasteiger partial charge in [-0.15, -0.1) is 11.3 Å². The lowest BCUT2D eigenvalue weighted by molar-refractivity contribution is 0.0739. The summed E-state index contributed by atoms with van der Waals surface area (Å²) in [7, 11) is 0. The van der Waals surface area contributed by atoms with Gasteiger partial charge < -0.3 is 4.74 Å². The Balaban J connectivity index is 1.61. The number of carbonyl (C=O) groups excluding carboxylic acids is 2. The molecule has 0 aliphatic rings. The quantitative estimate of drug-likeness (QED) is 0.331. The fourth-order valence-corrected chi connectivity index (χ4v) is 2.54. The number of esters is 1. The Morgan fingerprint density at radius 1 is 1.12 bits per heavy atom. The average molecular weight is 351 g/mol. The largest absolute Gasteiger partial charge is 0.422 e. The summed E-state index contributed by atoms with van der Waals surface area (Å²) in [6.07, 6.45) is 4.54. The standard InChI is InChI=1S/C18H13N3O3S/c22-17(14-6-8-19-9-7-14)21-20-12-13-3-1-4-15(11-13)24-18(23)16-5-2-10-25-16/h1-12H,(H,21,22)/b20-12-. The van der Waals surface area contributed by atoms with Gasteiger partial charge >= 0.3 is 5.97 Å². The second kappa shape index (κ2) is 7.98. The van der Waals surface area contributed by atoms with Crippen molar-refractivity contribution in [1.29, 1.82) is 0 Å². The molecule has 0 unspecified atom stereocenters. The topological polar surface area (TPSA) is 80.6 Å². The number of benzene rings is 1. The Labute approximate surface area is 147 Å². The maximum atomic E-state index is 11.9. The van der Waals surface area contributed by atoms with Crippen LogP contribution in [0.4, 0.5) is 0 Å². The van der Waals surface area contributed by atoms with E-state index in [2.05, 4.69) is 15.5 Å². The highest BCUT2D eigenvalue weighted by atomic mass is 32.1. The van der Waals surface area contributed by atoms with Crippen LogP contribution in [0.15, 0.2) is 71.4 Å². The molecular formula is C18H13N3O3S. The van der Waals surface area contributed by atoms with Crippen LogP contribution in [0.1, 0.15) is 25.6 Å². The van der Waals surface area contributed by atoms with E-state index in [0.717, 1.165) is 0 Å². The molecule has 1 N–H and O–H groups in total. The molecule has 2 heterocycles. The lowest BCUT2D eigenvalue weighted by Crippen LogP contribution is -2.17. The zero-order valence-corrected chi connectivity index (χ0v) is 13.8. The van der Waals surface area contributed by atoms with Gasteiger partial charge in [-0.1, -0.05) is 18.2 Å². The first-order valence-corrected chi connectivity index (χ1v) is 8.19. The maximum absolute atomic E-state index is 11.9. The molecule has 7 heteroatoms. The molecule has 0 aliphatic carbocycles. The van der Waals surface area contributed by atoms with Crippen LogP contribution in [0.3, 0.4) is 0 Å². The summed E-state index contributed by atoms with van der Waals surface area (Å²) >= 11 is 1.32. The van der Waals surface area contributed by atoms with Crippen molar-refractivity contribution < 1.29 is 14.3 Å². The smallest absolute Gasteiger partial charge is 0.353 e. The number of ether oxygens (including phenoxy) is 1. The number of hydrazone groups is 1. The van der Waals surface area contributed by atoms with Crippen LogP contribution in [0, 0.1) is 0 Å². The zero-order chi connectivity index (χ0) is 17.5. The minimum atomic E-state index is -0.407. The fourth-order valence-electron chi connectivity index (χ4n) is 1.94. The summed E-state index contributed by atoms with van der Waals surface area (Å²) in [6, 6.07) is 13.5. The van der Waals surface area contributed by atoms with Gasteiger partial charge in [0.15, 0.2) is 0 Å². The average Bonchev–Trinajstić information content (AvgIpc) is 3.17. The van der Waals surface area contributed by atoms with Crippen molar-refractivity contribution in [1.82, 2.24) is 10.4 Å². The highest BCUT2D eigenvalue weighted by Gasteiger charge is 2.09. The highest BCUT2D eigenvalue weighted by Crippen LogP contribution is 2.16. The van der Waals surface area contributed by atoms with E-state index in [1.807, 2.05) is 5.38 Å². The van der Waals surface area contributed by atoms with Crippen molar-refractivity contribution in [2.45, 2.75) is 0 Å². The number of pyridine rings is 1. The van der Waals surface area contributed by atoms with Crippen LogP contribution in [-0.4, -0.2) is 23.1 Å². The third kappa shape index (κ3) is 4.58. The number of amides is 1. The third-order valence-corrected chi connectivity index (χ3v) is 3.96. The number of nitrogens with zero attached hydrogens (tertiary/aromatic N) is 2. The summed E-state index contributed by atoms with van der Waals surface area (Å²) in [5.41, 5.74) is 3.58. The van der Waals surface area contributed by atoms with Crippen LogP contribution in [0.25, 0.3) is 0 Å². The normalized spacial score (nSPS) is 10.6. The molecule has 25 heavy (non-hydrogen) atoms. The van der Waals surface area contributed by atoms with Crippen molar-refractivity contribution in [3.05, 3.63) is 82.3 Å². The zero-order valence-electron chi connectivity index (χ0n) is 13.0. The van der Waals surface area contributed by atoms with E-state index in [1.54, 1.807) is 48.5 Å². The lowest BCUT2D eigenvalue weighted by Gasteiger charge is -2.03. The van der Waals surface area contributed by atoms with Crippen LogP contribution in [-0.2, 0) is 0 Å². The summed E-state index contributed by atoms with van der Waals surface area (Å²) in [5, 5.41) is 5.72. The summed E-state index contributed by atoms with van der Waals surface area (Å²) in [5.74, 6) is -0.336. The molecule has 0 radical (unpaired) electrons. The molecule has 6 nitrogen and oxygen atoms in total. The molecule has 3 aromatic rings. The molecule has 0 aliphatic heterocycles. The first kappa shape index (κ1) is 16.5. The van der Waals surface area contributed by atoms with Crippen molar-refractivity contribution in [2.24, 2.45) is 5.10 Å². The van der Waals surface area contributed by atoms with Crippen molar-refractivity contribution in [2.75, 3.05) is 0 Å². The van der Waals surface area contributed by atoms with E-state index >= 15 is 0 Å². The van der Waals surface area contributed by atoms with Crippen LogP contribution in [0.2, 0.25) is 0 Å². The van der Waals surface area contributed by atoms with Gasteiger partial charge in [0, 0.05) is 18.0 Å². The number of hydrogen-bond donors (Lipinski definition) is 1. The number of rotatable bonds is 5. The third-order valence-electron chi connectivity index (χ3n) is 3.11. The molecule has 0 saturated carbocycles. The second-order valence-electron chi connectivity index (χ2n) is 4.87. The predicted molar refractivity (Wildman–Crippen MR) is 95.0 cm³/mol. The SMILES string of the molecule is O=C(N/N=C\c1cccc(OC(=O)c2cccs2)c1)c1ccncc1. The molecule has 1 aromatic carbocycles. The van der Waals surface area contributed by atoms with Gasteiger partial charge in [0.25, 0.3) is 5.91 Å². The summed E-state index contributed by atoms with van der Waals surface area (Å²) < 4.78 is 5.31. The Bertz CT molecular complexity index is 893. The number of thiophene rings is 1. The van der Waals surface area contributed by atoms with Gasteiger partial charge in [0.2, 0.25) is 0 Å². The number of nitrogens with one attached hydrogen (secondary N) is 1. The molecule has 0 bridgehead atoms. The Hall–Kier alpha value is -3.32. The van der Waals surface area contributed by atoms with E-state index < -0.39 is 5.97 Å². The fraction of sp³-hybridized carbons (Fsp3) is 0. The molecule has 0 spiro atoms. The monoisotopic (exact) mass is 351 g/mol. The first-order valence-electron chi connectivity index (χ1n) is 7.31. The summed E-state index contributed by atoms with van der Waals surface area (Å²) in [4.78, 5) is 28.2. The molecule has 0 atom stereocenters. The van der Waals surface area contributed by atoms with Crippen molar-refractivity contribution in [3.8, 4) is 5.75 Å². The molecule has 0 fully saturated rings. The van der Waals surface area contributed by atoms with Crippen LogP contribution >= 0.6 is 11.3 Å². The highest BCUT2D eigenvalue weighted by molar-refractivity contribution is 7.12. The van der Waals surface area contributed by atoms with Gasteiger partial charge in [-0.25, -0.2) is 10.2 Å². The molecular weight excluding hydrogens is 338 g/mol. The molecule has 1 amide bonds. The Kier molecular flexibility index (Phi) is 5.28.